The van der Waals surface area contributed by atoms with Crippen LogP contribution in [0.2, 0.25) is 5.02 Å². The van der Waals surface area contributed by atoms with Crippen LogP contribution in [0, 0.1) is 0 Å². The summed E-state index contributed by atoms with van der Waals surface area (Å²) in [5.41, 5.74) is 3.79. The number of methoxy groups -OCH3 is 1. The first-order valence-corrected chi connectivity index (χ1v) is 12.6. The van der Waals surface area contributed by atoms with E-state index in [2.05, 4.69) is 0 Å². The van der Waals surface area contributed by atoms with Gasteiger partial charge in [0, 0.05) is 11.4 Å². The summed E-state index contributed by atoms with van der Waals surface area (Å²) in [5.74, 6) is 1.15. The molecule has 1 saturated heterocycles. The Labute approximate surface area is 225 Å². The summed E-state index contributed by atoms with van der Waals surface area (Å²) in [6, 6.07) is 22.5. The zero-order chi connectivity index (χ0) is 26.8. The third-order valence-electron chi connectivity index (χ3n) is 6.79. The van der Waals surface area contributed by atoms with E-state index < -0.39 is 37.3 Å². The first-order valence-electron chi connectivity index (χ1n) is 12.2. The van der Waals surface area contributed by atoms with Crippen molar-refractivity contribution in [3.63, 3.8) is 0 Å². The highest BCUT2D eigenvalue weighted by Gasteiger charge is 2.44. The zero-order valence-corrected chi connectivity index (χ0v) is 21.3. The maximum Gasteiger partial charge on any atom is 0.229 e. The zero-order valence-electron chi connectivity index (χ0n) is 20.6. The molecule has 200 valence electrons. The second kappa shape index (κ2) is 11.3. The molecule has 2 heterocycles. The second-order valence-electron chi connectivity index (χ2n) is 9.20. The maximum atomic E-state index is 10.3. The van der Waals surface area contributed by atoms with E-state index in [0.717, 1.165) is 28.3 Å². The third kappa shape index (κ3) is 5.35. The summed E-state index contributed by atoms with van der Waals surface area (Å²) in [6.45, 7) is -0.525. The molecule has 0 amide bonds. The van der Waals surface area contributed by atoms with E-state index in [4.69, 9.17) is 30.9 Å². The third-order valence-corrected chi connectivity index (χ3v) is 7.04. The molecule has 0 aliphatic carbocycles. The van der Waals surface area contributed by atoms with Gasteiger partial charge >= 0.3 is 0 Å². The lowest BCUT2D eigenvalue weighted by atomic mass is 9.98. The van der Waals surface area contributed by atoms with Crippen LogP contribution >= 0.6 is 11.6 Å². The molecule has 2 aliphatic heterocycles. The number of hydrogen-bond acceptors (Lipinski definition) is 9. The fraction of sp³-hybridized carbons (Fsp3) is 0.321. The highest BCUT2D eigenvalue weighted by Crippen LogP contribution is 2.38. The van der Waals surface area contributed by atoms with Gasteiger partial charge < -0.3 is 34.6 Å². The average molecular weight is 541 g/mol. The van der Waals surface area contributed by atoms with Crippen LogP contribution in [0.4, 0.5) is 5.69 Å². The van der Waals surface area contributed by atoms with Gasteiger partial charge in [-0.15, -0.1) is 0 Å². The van der Waals surface area contributed by atoms with E-state index in [1.165, 1.54) is 0 Å². The van der Waals surface area contributed by atoms with Gasteiger partial charge in [-0.2, -0.15) is 5.10 Å². The Morgan fingerprint density at radius 2 is 1.55 bits per heavy atom. The normalized spacial score (nSPS) is 27.2. The Balaban J connectivity index is 1.38. The Hall–Kier alpha value is -3.18. The number of halogens is 1. The highest BCUT2D eigenvalue weighted by atomic mass is 35.5. The van der Waals surface area contributed by atoms with Crippen LogP contribution in [-0.2, 0) is 4.74 Å². The van der Waals surface area contributed by atoms with Gasteiger partial charge in [0.2, 0.25) is 6.29 Å². The van der Waals surface area contributed by atoms with Crippen molar-refractivity contribution in [1.29, 1.82) is 0 Å². The van der Waals surface area contributed by atoms with Crippen molar-refractivity contribution in [1.82, 2.24) is 0 Å². The molecule has 38 heavy (non-hydrogen) atoms. The van der Waals surface area contributed by atoms with Crippen LogP contribution in [0.15, 0.2) is 77.9 Å². The van der Waals surface area contributed by atoms with Crippen molar-refractivity contribution < 1.29 is 34.6 Å². The molecule has 0 spiro atoms. The van der Waals surface area contributed by atoms with Crippen molar-refractivity contribution >= 4 is 23.0 Å². The van der Waals surface area contributed by atoms with E-state index in [1.807, 2.05) is 65.7 Å². The summed E-state index contributed by atoms with van der Waals surface area (Å²) in [5, 5.41) is 47.3. The number of nitrogens with zero attached hydrogens (tertiary/aromatic N) is 2. The molecule has 0 saturated carbocycles. The molecule has 1 fully saturated rings. The number of aliphatic hydroxyl groups is 4. The van der Waals surface area contributed by atoms with Crippen LogP contribution < -0.4 is 14.5 Å². The number of hydrogen-bond donors (Lipinski definition) is 4. The minimum absolute atomic E-state index is 0.101. The minimum Gasteiger partial charge on any atom is -0.497 e. The molecule has 9 nitrogen and oxygen atoms in total. The Kier molecular flexibility index (Phi) is 7.85. The quantitative estimate of drug-likeness (QED) is 0.361. The predicted molar refractivity (Wildman–Crippen MR) is 142 cm³/mol. The van der Waals surface area contributed by atoms with Gasteiger partial charge in [-0.1, -0.05) is 35.9 Å². The van der Waals surface area contributed by atoms with Crippen LogP contribution in [0.5, 0.6) is 11.5 Å². The average Bonchev–Trinajstić information content (AvgIpc) is 3.39. The van der Waals surface area contributed by atoms with Crippen molar-refractivity contribution in [3.8, 4) is 11.5 Å². The Morgan fingerprint density at radius 3 is 2.18 bits per heavy atom. The van der Waals surface area contributed by atoms with Crippen molar-refractivity contribution in [2.75, 3.05) is 18.7 Å². The summed E-state index contributed by atoms with van der Waals surface area (Å²) in [4.78, 5) is 0. The first-order chi connectivity index (χ1) is 18.4. The number of benzene rings is 3. The molecule has 5 rings (SSSR count). The van der Waals surface area contributed by atoms with Gasteiger partial charge in [-0.05, 0) is 59.7 Å². The molecular weight excluding hydrogens is 512 g/mol. The van der Waals surface area contributed by atoms with E-state index in [1.54, 1.807) is 19.2 Å². The van der Waals surface area contributed by atoms with E-state index in [-0.39, 0.29) is 6.04 Å². The van der Waals surface area contributed by atoms with Gasteiger partial charge in [0.1, 0.15) is 35.9 Å². The van der Waals surface area contributed by atoms with Gasteiger partial charge in [-0.25, -0.2) is 0 Å². The summed E-state index contributed by atoms with van der Waals surface area (Å²) in [6.07, 6.45) is -6.08. The SMILES string of the molecule is COc1ccc(N2N=C(c3ccc(Cl)cc3)CC2c2ccc(O[C@@H]3O[C@H](CO)[C@@H](O)[C@@H](O)[C@H]3O)cc2)cc1. The Morgan fingerprint density at radius 1 is 0.895 bits per heavy atom. The molecule has 1 unspecified atom stereocenters. The fourth-order valence-electron chi connectivity index (χ4n) is 4.63. The number of anilines is 1. The highest BCUT2D eigenvalue weighted by molar-refractivity contribution is 6.30. The van der Waals surface area contributed by atoms with Gasteiger partial charge in [0.25, 0.3) is 0 Å². The van der Waals surface area contributed by atoms with E-state index in [0.29, 0.717) is 17.2 Å². The molecule has 0 aromatic heterocycles. The fourth-order valence-corrected chi connectivity index (χ4v) is 4.75. The lowest BCUT2D eigenvalue weighted by molar-refractivity contribution is -0.277. The summed E-state index contributed by atoms with van der Waals surface area (Å²) in [7, 11) is 1.62. The van der Waals surface area contributed by atoms with Crippen LogP contribution in [-0.4, -0.2) is 70.6 Å². The van der Waals surface area contributed by atoms with Crippen LogP contribution in [0.1, 0.15) is 23.6 Å². The van der Waals surface area contributed by atoms with Crippen molar-refractivity contribution in [3.05, 3.63) is 88.9 Å². The van der Waals surface area contributed by atoms with E-state index in [9.17, 15) is 20.4 Å². The number of aliphatic hydroxyl groups excluding tert-OH is 4. The molecular formula is C28H29ClN2O7. The molecule has 0 bridgehead atoms. The lowest BCUT2D eigenvalue weighted by Gasteiger charge is -2.39. The topological polar surface area (TPSA) is 124 Å². The standard InChI is InChI=1S/C28H29ClN2O7/c1-36-20-12-8-19(9-13-20)31-23(14-22(30-31)16-2-6-18(29)7-3-16)17-4-10-21(11-5-17)37-28-27(35)26(34)25(33)24(15-32)38-28/h2-13,23-28,32-35H,14-15H2,1H3/t23?,24-,25-,26-,27-,28-/m1/s1. The summed E-state index contributed by atoms with van der Waals surface area (Å²) >= 11 is 6.08. The smallest absolute Gasteiger partial charge is 0.229 e. The first kappa shape index (κ1) is 26.4. The molecule has 0 radical (unpaired) electrons. The molecule has 4 N–H and O–H groups in total. The minimum atomic E-state index is -1.51. The van der Waals surface area contributed by atoms with Gasteiger partial charge in [-0.3, -0.25) is 5.01 Å². The number of hydrazone groups is 1. The molecule has 3 aromatic rings. The number of rotatable bonds is 7. The number of ether oxygens (including phenoxy) is 3. The molecule has 2 aliphatic rings. The molecule has 10 heteroatoms. The Bertz CT molecular complexity index is 1250. The van der Waals surface area contributed by atoms with Crippen molar-refractivity contribution in [2.24, 2.45) is 5.10 Å². The van der Waals surface area contributed by atoms with Crippen LogP contribution in [0.25, 0.3) is 0 Å². The van der Waals surface area contributed by atoms with Crippen LogP contribution in [0.3, 0.4) is 0 Å². The van der Waals surface area contributed by atoms with Gasteiger partial charge in [0.15, 0.2) is 0 Å². The largest absolute Gasteiger partial charge is 0.497 e. The molecule has 3 aromatic carbocycles. The second-order valence-corrected chi connectivity index (χ2v) is 9.64. The predicted octanol–water partition coefficient (Wildman–Crippen LogP) is 2.88. The monoisotopic (exact) mass is 540 g/mol. The van der Waals surface area contributed by atoms with E-state index >= 15 is 0 Å². The van der Waals surface area contributed by atoms with Gasteiger partial charge in [0.05, 0.1) is 31.2 Å². The lowest BCUT2D eigenvalue weighted by Crippen LogP contribution is -2.60. The van der Waals surface area contributed by atoms with Crippen molar-refractivity contribution in [2.45, 2.75) is 43.2 Å². The maximum absolute atomic E-state index is 10.3. The molecule has 6 atom stereocenters. The summed E-state index contributed by atoms with van der Waals surface area (Å²) < 4.78 is 16.5.